The quantitative estimate of drug-likeness (QED) is 0.581. The number of aromatic nitrogens is 1. The Hall–Kier alpha value is -2.98. The molecule has 168 valence electrons. The van der Waals surface area contributed by atoms with Crippen molar-refractivity contribution in [2.24, 2.45) is 16.1 Å². The summed E-state index contributed by atoms with van der Waals surface area (Å²) in [5.41, 5.74) is 15.7. The fraction of sp³-hybridized carbons (Fsp3) is 0.357. The highest BCUT2D eigenvalue weighted by Gasteiger charge is 2.23. The molecule has 2 N–H and O–H groups in total. The van der Waals surface area contributed by atoms with Crippen molar-refractivity contribution in [1.82, 2.24) is 9.88 Å². The lowest BCUT2D eigenvalue weighted by molar-refractivity contribution is 0.271. The van der Waals surface area contributed by atoms with E-state index in [1.165, 1.54) is 27.8 Å². The fourth-order valence-electron chi connectivity index (χ4n) is 4.06. The first-order valence-corrected chi connectivity index (χ1v) is 11.2. The van der Waals surface area contributed by atoms with E-state index in [0.717, 1.165) is 43.2 Å². The monoisotopic (exact) mass is 428 g/mol. The lowest BCUT2D eigenvalue weighted by Crippen LogP contribution is -2.33. The van der Waals surface area contributed by atoms with Gasteiger partial charge in [0, 0.05) is 37.0 Å². The van der Waals surface area contributed by atoms with Crippen molar-refractivity contribution in [3.05, 3.63) is 83.9 Å². The molecule has 0 radical (unpaired) electrons. The van der Waals surface area contributed by atoms with Crippen LogP contribution in [0.3, 0.4) is 0 Å². The highest BCUT2D eigenvalue weighted by Crippen LogP contribution is 2.32. The van der Waals surface area contributed by atoms with Crippen molar-refractivity contribution in [3.8, 4) is 11.1 Å². The van der Waals surface area contributed by atoms with Crippen molar-refractivity contribution in [1.29, 1.82) is 0 Å². The number of hydrogen-bond donors (Lipinski definition) is 1. The minimum absolute atomic E-state index is 0.0230. The number of rotatable bonds is 6. The number of nitrogens with zero attached hydrogens (tertiary/aromatic N) is 3. The number of allylic oxidation sites excluding steroid dienone is 1. The summed E-state index contributed by atoms with van der Waals surface area (Å²) in [7, 11) is 0. The molecule has 0 unspecified atom stereocenters. The zero-order valence-corrected chi connectivity index (χ0v) is 20.2. The SMILES string of the molecule is C=CN=C(/C=C(\C)CN1CCc2c(-c3ccc(C)cc3)cc(C(=C)N)nc2C1)C(C)(C)C. The van der Waals surface area contributed by atoms with Gasteiger partial charge < -0.3 is 5.73 Å². The molecule has 3 rings (SSSR count). The Labute approximate surface area is 193 Å². The molecule has 0 bridgehead atoms. The molecule has 4 nitrogen and oxygen atoms in total. The Bertz CT molecular complexity index is 1070. The lowest BCUT2D eigenvalue weighted by atomic mass is 9.88. The summed E-state index contributed by atoms with van der Waals surface area (Å²) in [5.74, 6) is 0. The van der Waals surface area contributed by atoms with Gasteiger partial charge in [0.15, 0.2) is 0 Å². The van der Waals surface area contributed by atoms with E-state index in [9.17, 15) is 0 Å². The van der Waals surface area contributed by atoms with Crippen LogP contribution < -0.4 is 5.73 Å². The number of aliphatic imine (C=N–C) groups is 1. The number of pyridine rings is 1. The summed E-state index contributed by atoms with van der Waals surface area (Å²) in [6.07, 6.45) is 4.78. The van der Waals surface area contributed by atoms with Crippen molar-refractivity contribution in [2.75, 3.05) is 13.1 Å². The van der Waals surface area contributed by atoms with Crippen LogP contribution >= 0.6 is 0 Å². The van der Waals surface area contributed by atoms with Crippen LogP contribution in [-0.2, 0) is 13.0 Å². The van der Waals surface area contributed by atoms with E-state index in [4.69, 9.17) is 10.7 Å². The Morgan fingerprint density at radius 3 is 2.53 bits per heavy atom. The van der Waals surface area contributed by atoms with E-state index >= 15 is 0 Å². The molecule has 0 spiro atoms. The maximum absolute atomic E-state index is 6.06. The number of hydrogen-bond acceptors (Lipinski definition) is 4. The second-order valence-corrected chi connectivity index (χ2v) is 9.77. The Morgan fingerprint density at radius 2 is 1.94 bits per heavy atom. The minimum Gasteiger partial charge on any atom is -0.397 e. The molecule has 0 saturated heterocycles. The Kier molecular flexibility index (Phi) is 7.15. The van der Waals surface area contributed by atoms with Crippen molar-refractivity contribution < 1.29 is 0 Å². The van der Waals surface area contributed by atoms with Gasteiger partial charge in [0.1, 0.15) is 0 Å². The first kappa shape index (κ1) is 23.7. The summed E-state index contributed by atoms with van der Waals surface area (Å²) in [6.45, 7) is 21.2. The van der Waals surface area contributed by atoms with Crippen LogP contribution in [0.2, 0.25) is 0 Å². The summed E-state index contributed by atoms with van der Waals surface area (Å²) in [6, 6.07) is 10.8. The Morgan fingerprint density at radius 1 is 1.25 bits per heavy atom. The second kappa shape index (κ2) is 9.66. The van der Waals surface area contributed by atoms with Crippen LogP contribution in [0.5, 0.6) is 0 Å². The van der Waals surface area contributed by atoms with Gasteiger partial charge in [0.2, 0.25) is 0 Å². The molecule has 0 atom stereocenters. The molecule has 2 heterocycles. The maximum atomic E-state index is 6.06. The summed E-state index contributed by atoms with van der Waals surface area (Å²) < 4.78 is 0. The number of nitrogens with two attached hydrogens (primary N) is 1. The van der Waals surface area contributed by atoms with E-state index < -0.39 is 0 Å². The summed E-state index contributed by atoms with van der Waals surface area (Å²) >= 11 is 0. The highest BCUT2D eigenvalue weighted by molar-refractivity contribution is 5.99. The van der Waals surface area contributed by atoms with Crippen LogP contribution in [0.4, 0.5) is 0 Å². The molecular weight excluding hydrogens is 392 g/mol. The van der Waals surface area contributed by atoms with Gasteiger partial charge in [-0.2, -0.15) is 0 Å². The largest absolute Gasteiger partial charge is 0.397 e. The van der Waals surface area contributed by atoms with Crippen molar-refractivity contribution in [3.63, 3.8) is 0 Å². The maximum Gasteiger partial charge on any atom is 0.0863 e. The second-order valence-electron chi connectivity index (χ2n) is 9.77. The lowest BCUT2D eigenvalue weighted by Gasteiger charge is -2.30. The van der Waals surface area contributed by atoms with E-state index in [-0.39, 0.29) is 5.41 Å². The van der Waals surface area contributed by atoms with Crippen LogP contribution in [0.1, 0.15) is 50.2 Å². The molecule has 2 aromatic rings. The zero-order valence-electron chi connectivity index (χ0n) is 20.2. The van der Waals surface area contributed by atoms with E-state index in [2.05, 4.69) is 94.1 Å². The molecule has 0 amide bonds. The van der Waals surface area contributed by atoms with E-state index in [0.29, 0.717) is 5.70 Å². The Balaban J connectivity index is 1.90. The van der Waals surface area contributed by atoms with Crippen LogP contribution in [-0.4, -0.2) is 28.7 Å². The average molecular weight is 429 g/mol. The molecule has 1 aliphatic heterocycles. The molecule has 4 heteroatoms. The first-order chi connectivity index (χ1) is 15.1. The molecular formula is C28H36N4. The molecule has 0 saturated carbocycles. The van der Waals surface area contributed by atoms with Crippen LogP contribution in [0.15, 0.2) is 66.3 Å². The number of fused-ring (bicyclic) bond motifs is 1. The van der Waals surface area contributed by atoms with Gasteiger partial charge >= 0.3 is 0 Å². The molecule has 0 aliphatic carbocycles. The predicted octanol–water partition coefficient (Wildman–Crippen LogP) is 5.92. The predicted molar refractivity (Wildman–Crippen MR) is 137 cm³/mol. The molecule has 1 aliphatic rings. The molecule has 32 heavy (non-hydrogen) atoms. The van der Waals surface area contributed by atoms with E-state index in [1.54, 1.807) is 6.20 Å². The van der Waals surface area contributed by atoms with Crippen molar-refractivity contribution in [2.45, 2.75) is 47.6 Å². The van der Waals surface area contributed by atoms with Gasteiger partial charge in [-0.15, -0.1) is 0 Å². The van der Waals surface area contributed by atoms with Crippen LogP contribution in [0.25, 0.3) is 16.8 Å². The fourth-order valence-corrected chi connectivity index (χ4v) is 4.06. The molecule has 1 aromatic carbocycles. The minimum atomic E-state index is -0.0230. The van der Waals surface area contributed by atoms with Gasteiger partial charge in [0.05, 0.1) is 17.1 Å². The third-order valence-corrected chi connectivity index (χ3v) is 5.81. The van der Waals surface area contributed by atoms with Gasteiger partial charge in [-0.25, -0.2) is 4.98 Å². The van der Waals surface area contributed by atoms with Crippen LogP contribution in [0, 0.1) is 12.3 Å². The number of aryl methyl sites for hydroxylation is 1. The highest BCUT2D eigenvalue weighted by atomic mass is 15.1. The van der Waals surface area contributed by atoms with Gasteiger partial charge in [0.25, 0.3) is 0 Å². The van der Waals surface area contributed by atoms with Gasteiger partial charge in [-0.3, -0.25) is 9.89 Å². The van der Waals surface area contributed by atoms with Gasteiger partial charge in [-0.05, 0) is 49.1 Å². The smallest absolute Gasteiger partial charge is 0.0863 e. The normalized spacial score (nSPS) is 15.4. The molecule has 1 aromatic heterocycles. The van der Waals surface area contributed by atoms with E-state index in [1.807, 2.05) is 0 Å². The van der Waals surface area contributed by atoms with Crippen molar-refractivity contribution >= 4 is 11.4 Å². The summed E-state index contributed by atoms with van der Waals surface area (Å²) in [4.78, 5) is 11.8. The third kappa shape index (κ3) is 5.63. The van der Waals surface area contributed by atoms with Gasteiger partial charge in [-0.1, -0.05) is 69.3 Å². The molecule has 0 fully saturated rings. The zero-order chi connectivity index (χ0) is 23.5. The first-order valence-electron chi connectivity index (χ1n) is 11.2. The standard InChI is InChI=1S/C28H36N4/c1-8-30-27(28(5,6)7)15-20(3)17-32-14-13-23-24(22-11-9-19(2)10-12-22)16-25(21(4)29)31-26(23)18-32/h8-12,15-16H,1,4,13-14,17-18,29H2,2-3,5-7H3/b20-15+,30-27?. The average Bonchev–Trinajstić information content (AvgIpc) is 2.72. The third-order valence-electron chi connectivity index (χ3n) is 5.81. The number of benzene rings is 1. The topological polar surface area (TPSA) is 54.5 Å². The summed E-state index contributed by atoms with van der Waals surface area (Å²) in [5, 5.41) is 0.